The van der Waals surface area contributed by atoms with E-state index in [1.807, 2.05) is 31.2 Å². The number of thiazole rings is 1. The average Bonchev–Trinajstić information content (AvgIpc) is 2.79. The van der Waals surface area contributed by atoms with Crippen LogP contribution >= 0.6 is 11.3 Å². The molecule has 88 valence electrons. The summed E-state index contributed by atoms with van der Waals surface area (Å²) in [4.78, 5) is 15.5. The molecule has 0 aliphatic rings. The highest BCUT2D eigenvalue weighted by molar-refractivity contribution is 7.13. The first-order chi connectivity index (χ1) is 8.20. The Bertz CT molecular complexity index is 534. The first-order valence-electron chi connectivity index (χ1n) is 5.40. The summed E-state index contributed by atoms with van der Waals surface area (Å²) in [6.07, 6.45) is 0. The number of ketones is 1. The number of hydrogen-bond donors (Lipinski definition) is 0. The van der Waals surface area contributed by atoms with Crippen LogP contribution in [0.1, 0.15) is 24.3 Å². The van der Waals surface area contributed by atoms with Crippen molar-refractivity contribution in [3.8, 4) is 16.3 Å². The summed E-state index contributed by atoms with van der Waals surface area (Å²) in [6, 6.07) is 7.74. The van der Waals surface area contributed by atoms with Gasteiger partial charge in [-0.15, -0.1) is 11.3 Å². The van der Waals surface area contributed by atoms with E-state index in [-0.39, 0.29) is 5.78 Å². The van der Waals surface area contributed by atoms with Gasteiger partial charge in [0.05, 0.1) is 6.61 Å². The largest absolute Gasteiger partial charge is 0.494 e. The van der Waals surface area contributed by atoms with Gasteiger partial charge in [0, 0.05) is 17.9 Å². The number of nitrogens with zero attached hydrogens (tertiary/aromatic N) is 1. The summed E-state index contributed by atoms with van der Waals surface area (Å²) in [5, 5.41) is 2.63. The van der Waals surface area contributed by atoms with Gasteiger partial charge in [-0.2, -0.15) is 0 Å². The van der Waals surface area contributed by atoms with Gasteiger partial charge < -0.3 is 4.74 Å². The predicted octanol–water partition coefficient (Wildman–Crippen LogP) is 3.41. The molecule has 1 aromatic heterocycles. The Morgan fingerprint density at radius 1 is 1.47 bits per heavy atom. The first kappa shape index (κ1) is 11.8. The lowest BCUT2D eigenvalue weighted by atomic mass is 10.2. The number of aromatic nitrogens is 1. The minimum absolute atomic E-state index is 0.00605. The van der Waals surface area contributed by atoms with Crippen LogP contribution in [0.2, 0.25) is 0 Å². The number of rotatable bonds is 4. The fourth-order valence-electron chi connectivity index (χ4n) is 1.45. The third-order valence-electron chi connectivity index (χ3n) is 2.26. The minimum Gasteiger partial charge on any atom is -0.494 e. The summed E-state index contributed by atoms with van der Waals surface area (Å²) in [7, 11) is 0. The minimum atomic E-state index is -0.00605. The van der Waals surface area contributed by atoms with E-state index in [1.54, 1.807) is 5.38 Å². The molecule has 0 bridgehead atoms. The molecule has 0 N–H and O–H groups in total. The van der Waals surface area contributed by atoms with E-state index < -0.39 is 0 Å². The second kappa shape index (κ2) is 5.10. The average molecular weight is 247 g/mol. The Labute approximate surface area is 104 Å². The third-order valence-corrected chi connectivity index (χ3v) is 3.15. The van der Waals surface area contributed by atoms with Crippen LogP contribution in [0, 0.1) is 0 Å². The van der Waals surface area contributed by atoms with E-state index in [9.17, 15) is 4.79 Å². The maximum absolute atomic E-state index is 11.2. The van der Waals surface area contributed by atoms with Crippen molar-refractivity contribution < 1.29 is 9.53 Å². The van der Waals surface area contributed by atoms with E-state index in [4.69, 9.17) is 4.74 Å². The smallest absolute Gasteiger partial charge is 0.178 e. The summed E-state index contributed by atoms with van der Waals surface area (Å²) in [5.74, 6) is 0.818. The molecule has 2 rings (SSSR count). The molecule has 1 aromatic carbocycles. The second-order valence-electron chi connectivity index (χ2n) is 3.55. The number of benzene rings is 1. The quantitative estimate of drug-likeness (QED) is 0.777. The molecule has 1 heterocycles. The lowest BCUT2D eigenvalue weighted by Gasteiger charge is -2.03. The molecule has 0 fully saturated rings. The van der Waals surface area contributed by atoms with Crippen LogP contribution in [0.4, 0.5) is 0 Å². The number of carbonyl (C=O) groups excluding carboxylic acids is 1. The van der Waals surface area contributed by atoms with Crippen LogP contribution in [0.5, 0.6) is 5.75 Å². The molecule has 4 heteroatoms. The summed E-state index contributed by atoms with van der Waals surface area (Å²) in [5.41, 5.74) is 1.50. The Balaban J connectivity index is 2.31. The van der Waals surface area contributed by atoms with Gasteiger partial charge in [0.1, 0.15) is 16.5 Å². The molecular formula is C13H13NO2S. The van der Waals surface area contributed by atoms with Crippen molar-refractivity contribution >= 4 is 17.1 Å². The van der Waals surface area contributed by atoms with Gasteiger partial charge >= 0.3 is 0 Å². The van der Waals surface area contributed by atoms with E-state index >= 15 is 0 Å². The molecular weight excluding hydrogens is 234 g/mol. The monoisotopic (exact) mass is 247 g/mol. The maximum Gasteiger partial charge on any atom is 0.178 e. The fraction of sp³-hybridized carbons (Fsp3) is 0.231. The van der Waals surface area contributed by atoms with E-state index in [0.717, 1.165) is 16.3 Å². The number of carbonyl (C=O) groups is 1. The molecule has 17 heavy (non-hydrogen) atoms. The zero-order valence-corrected chi connectivity index (χ0v) is 10.6. The van der Waals surface area contributed by atoms with Gasteiger partial charge in [-0.05, 0) is 19.1 Å². The van der Waals surface area contributed by atoms with E-state index in [0.29, 0.717) is 12.3 Å². The van der Waals surface area contributed by atoms with Crippen molar-refractivity contribution in [2.75, 3.05) is 6.61 Å². The van der Waals surface area contributed by atoms with Gasteiger partial charge in [0.25, 0.3) is 0 Å². The Morgan fingerprint density at radius 2 is 2.29 bits per heavy atom. The van der Waals surface area contributed by atoms with Crippen molar-refractivity contribution in [1.29, 1.82) is 0 Å². The zero-order valence-electron chi connectivity index (χ0n) is 9.77. The van der Waals surface area contributed by atoms with Crippen LogP contribution in [0.3, 0.4) is 0 Å². The number of Topliss-reactive ketones (excluding diaryl/α,β-unsaturated/α-hetero) is 1. The van der Waals surface area contributed by atoms with Gasteiger partial charge in [0.15, 0.2) is 5.78 Å². The Hall–Kier alpha value is -1.68. The first-order valence-corrected chi connectivity index (χ1v) is 6.28. The number of ether oxygens (including phenoxy) is 1. The molecule has 0 radical (unpaired) electrons. The van der Waals surface area contributed by atoms with Crippen molar-refractivity contribution in [2.45, 2.75) is 13.8 Å². The number of hydrogen-bond acceptors (Lipinski definition) is 4. The zero-order chi connectivity index (χ0) is 12.3. The normalized spacial score (nSPS) is 10.2. The van der Waals surface area contributed by atoms with Gasteiger partial charge in [-0.3, -0.25) is 4.79 Å². The predicted molar refractivity (Wildman–Crippen MR) is 68.7 cm³/mol. The van der Waals surface area contributed by atoms with E-state index in [1.165, 1.54) is 18.3 Å². The third kappa shape index (κ3) is 2.71. The molecule has 3 nitrogen and oxygen atoms in total. The Morgan fingerprint density at radius 3 is 2.94 bits per heavy atom. The van der Waals surface area contributed by atoms with Gasteiger partial charge in [0.2, 0.25) is 0 Å². The van der Waals surface area contributed by atoms with Crippen LogP contribution in [-0.2, 0) is 0 Å². The lowest BCUT2D eigenvalue weighted by Crippen LogP contribution is -1.92. The molecule has 0 atom stereocenters. The van der Waals surface area contributed by atoms with Crippen molar-refractivity contribution in [1.82, 2.24) is 4.98 Å². The molecule has 2 aromatic rings. The SMILES string of the molecule is CCOc1cccc(-c2nc(C(C)=O)cs2)c1. The Kier molecular flexibility index (Phi) is 3.54. The maximum atomic E-state index is 11.2. The van der Waals surface area contributed by atoms with Crippen LogP contribution < -0.4 is 4.74 Å². The van der Waals surface area contributed by atoms with Crippen LogP contribution in [0.15, 0.2) is 29.6 Å². The summed E-state index contributed by atoms with van der Waals surface area (Å²) >= 11 is 1.47. The molecule has 0 saturated carbocycles. The van der Waals surface area contributed by atoms with Crippen LogP contribution in [0.25, 0.3) is 10.6 Å². The molecule has 0 aliphatic carbocycles. The highest BCUT2D eigenvalue weighted by Crippen LogP contribution is 2.27. The molecule has 0 amide bonds. The summed E-state index contributed by atoms with van der Waals surface area (Å²) < 4.78 is 5.43. The van der Waals surface area contributed by atoms with Crippen molar-refractivity contribution in [2.24, 2.45) is 0 Å². The van der Waals surface area contributed by atoms with Crippen molar-refractivity contribution in [3.05, 3.63) is 35.3 Å². The molecule has 0 spiro atoms. The van der Waals surface area contributed by atoms with Crippen molar-refractivity contribution in [3.63, 3.8) is 0 Å². The van der Waals surface area contributed by atoms with E-state index in [2.05, 4.69) is 4.98 Å². The highest BCUT2D eigenvalue weighted by Gasteiger charge is 2.08. The highest BCUT2D eigenvalue weighted by atomic mass is 32.1. The second-order valence-corrected chi connectivity index (χ2v) is 4.41. The molecule has 0 saturated heterocycles. The molecule has 0 aliphatic heterocycles. The van der Waals surface area contributed by atoms with Gasteiger partial charge in [-0.1, -0.05) is 12.1 Å². The lowest BCUT2D eigenvalue weighted by molar-refractivity contribution is 0.101. The topological polar surface area (TPSA) is 39.2 Å². The van der Waals surface area contributed by atoms with Crippen LogP contribution in [-0.4, -0.2) is 17.4 Å². The summed E-state index contributed by atoms with van der Waals surface area (Å²) in [6.45, 7) is 4.11. The van der Waals surface area contributed by atoms with Gasteiger partial charge in [-0.25, -0.2) is 4.98 Å². The fourth-order valence-corrected chi connectivity index (χ4v) is 2.31. The standard InChI is InChI=1S/C13H13NO2S/c1-3-16-11-6-4-5-10(7-11)13-14-12(8-17-13)9(2)15/h4-8H,3H2,1-2H3. The molecule has 0 unspecified atom stereocenters.